The number of hydrogen-bond acceptors (Lipinski definition) is 2. The third-order valence-corrected chi connectivity index (χ3v) is 3.75. The van der Waals surface area contributed by atoms with Gasteiger partial charge in [-0.15, -0.1) is 24.0 Å². The minimum atomic E-state index is 0. The Hall–Kier alpha value is -0.0400. The van der Waals surface area contributed by atoms with Gasteiger partial charge in [0.1, 0.15) is 0 Å². The van der Waals surface area contributed by atoms with Crippen molar-refractivity contribution in [1.29, 1.82) is 0 Å². The van der Waals surface area contributed by atoms with Gasteiger partial charge in [0.15, 0.2) is 5.96 Å². The van der Waals surface area contributed by atoms with Crippen molar-refractivity contribution in [1.82, 2.24) is 5.32 Å². The van der Waals surface area contributed by atoms with Crippen molar-refractivity contribution < 1.29 is 4.74 Å². The lowest BCUT2D eigenvalue weighted by atomic mass is 9.83. The van der Waals surface area contributed by atoms with Crippen LogP contribution < -0.4 is 11.1 Å². The van der Waals surface area contributed by atoms with Crippen molar-refractivity contribution in [2.45, 2.75) is 58.4 Å². The summed E-state index contributed by atoms with van der Waals surface area (Å²) in [4.78, 5) is 4.51. The molecule has 0 amide bonds. The Kier molecular flexibility index (Phi) is 9.78. The van der Waals surface area contributed by atoms with Gasteiger partial charge in [0.2, 0.25) is 0 Å². The van der Waals surface area contributed by atoms with E-state index in [0.717, 1.165) is 6.54 Å². The lowest BCUT2D eigenvalue weighted by Gasteiger charge is -2.26. The molecule has 1 unspecified atom stereocenters. The number of nitrogens with zero attached hydrogens (tertiary/aromatic N) is 1. The SMILES string of the molecule is COCC(C)NC(N)=NCC1(C)CCCCCC1.I. The molecule has 114 valence electrons. The van der Waals surface area contributed by atoms with Gasteiger partial charge in [-0.25, -0.2) is 0 Å². The van der Waals surface area contributed by atoms with Crippen LogP contribution in [0.25, 0.3) is 0 Å². The predicted molar refractivity (Wildman–Crippen MR) is 92.2 cm³/mol. The van der Waals surface area contributed by atoms with E-state index in [1.54, 1.807) is 7.11 Å². The van der Waals surface area contributed by atoms with E-state index < -0.39 is 0 Å². The fourth-order valence-corrected chi connectivity index (χ4v) is 2.61. The van der Waals surface area contributed by atoms with E-state index in [9.17, 15) is 0 Å². The first-order chi connectivity index (χ1) is 8.56. The summed E-state index contributed by atoms with van der Waals surface area (Å²) in [6.45, 7) is 5.87. The molecule has 4 nitrogen and oxygen atoms in total. The summed E-state index contributed by atoms with van der Waals surface area (Å²) in [5, 5.41) is 3.16. The number of nitrogens with one attached hydrogen (secondary N) is 1. The van der Waals surface area contributed by atoms with Crippen molar-refractivity contribution >= 4 is 29.9 Å². The number of ether oxygens (including phenoxy) is 1. The van der Waals surface area contributed by atoms with Crippen LogP contribution in [0.3, 0.4) is 0 Å². The third kappa shape index (κ3) is 7.97. The van der Waals surface area contributed by atoms with Gasteiger partial charge >= 0.3 is 0 Å². The molecule has 3 N–H and O–H groups in total. The predicted octanol–water partition coefficient (Wildman–Crippen LogP) is 2.90. The van der Waals surface area contributed by atoms with E-state index in [-0.39, 0.29) is 30.0 Å². The molecule has 1 fully saturated rings. The highest BCUT2D eigenvalue weighted by molar-refractivity contribution is 14.0. The van der Waals surface area contributed by atoms with E-state index in [2.05, 4.69) is 17.2 Å². The van der Waals surface area contributed by atoms with Gasteiger partial charge in [-0.1, -0.05) is 32.6 Å². The maximum Gasteiger partial charge on any atom is 0.188 e. The summed E-state index contributed by atoms with van der Waals surface area (Å²) in [7, 11) is 1.69. The van der Waals surface area contributed by atoms with Gasteiger partial charge in [0.25, 0.3) is 0 Å². The van der Waals surface area contributed by atoms with Crippen LogP contribution in [0, 0.1) is 5.41 Å². The van der Waals surface area contributed by atoms with Crippen molar-refractivity contribution in [3.63, 3.8) is 0 Å². The highest BCUT2D eigenvalue weighted by Gasteiger charge is 2.25. The van der Waals surface area contributed by atoms with Gasteiger partial charge in [-0.3, -0.25) is 4.99 Å². The van der Waals surface area contributed by atoms with Crippen LogP contribution in [-0.2, 0) is 4.74 Å². The van der Waals surface area contributed by atoms with Gasteiger partial charge in [-0.05, 0) is 25.2 Å². The summed E-state index contributed by atoms with van der Waals surface area (Å²) in [6, 6.07) is 0.209. The Labute approximate surface area is 135 Å². The summed E-state index contributed by atoms with van der Waals surface area (Å²) in [6.07, 6.45) is 7.96. The summed E-state index contributed by atoms with van der Waals surface area (Å²) in [5.74, 6) is 0.546. The summed E-state index contributed by atoms with van der Waals surface area (Å²) >= 11 is 0. The zero-order valence-corrected chi connectivity index (χ0v) is 14.9. The van der Waals surface area contributed by atoms with Crippen LogP contribution in [0.15, 0.2) is 4.99 Å². The zero-order chi connectivity index (χ0) is 13.4. The van der Waals surface area contributed by atoms with E-state index in [1.807, 2.05) is 6.92 Å². The Morgan fingerprint density at radius 3 is 2.42 bits per heavy atom. The molecule has 1 atom stereocenters. The highest BCUT2D eigenvalue weighted by atomic mass is 127. The number of halogens is 1. The molecule has 0 aliphatic heterocycles. The topological polar surface area (TPSA) is 59.6 Å². The van der Waals surface area contributed by atoms with Crippen molar-refractivity contribution in [3.8, 4) is 0 Å². The average Bonchev–Trinajstić information content (AvgIpc) is 2.53. The van der Waals surface area contributed by atoms with Crippen LogP contribution in [0.4, 0.5) is 0 Å². The highest BCUT2D eigenvalue weighted by Crippen LogP contribution is 2.34. The Bertz CT molecular complexity index is 263. The standard InChI is InChI=1S/C14H29N3O.HI/c1-12(10-18-3)17-13(15)16-11-14(2)8-6-4-5-7-9-14;/h12H,4-11H2,1-3H3,(H3,15,16,17);1H. The van der Waals surface area contributed by atoms with E-state index in [4.69, 9.17) is 10.5 Å². The van der Waals surface area contributed by atoms with Crippen molar-refractivity contribution in [2.75, 3.05) is 20.3 Å². The van der Waals surface area contributed by atoms with Gasteiger partial charge in [0.05, 0.1) is 6.61 Å². The first-order valence-electron chi connectivity index (χ1n) is 7.11. The molecule has 5 heteroatoms. The number of guanidine groups is 1. The number of hydrogen-bond donors (Lipinski definition) is 2. The smallest absolute Gasteiger partial charge is 0.188 e. The minimum absolute atomic E-state index is 0. The van der Waals surface area contributed by atoms with Gasteiger partial charge in [0, 0.05) is 19.7 Å². The maximum atomic E-state index is 5.90. The number of rotatable bonds is 5. The van der Waals surface area contributed by atoms with Crippen molar-refractivity contribution in [2.24, 2.45) is 16.1 Å². The molecule has 0 aromatic rings. The van der Waals surface area contributed by atoms with Gasteiger partial charge in [-0.2, -0.15) is 0 Å². The normalized spacial score (nSPS) is 21.1. The van der Waals surface area contributed by atoms with Crippen LogP contribution in [-0.4, -0.2) is 32.3 Å². The second-order valence-electron chi connectivity index (χ2n) is 5.93. The van der Waals surface area contributed by atoms with E-state index in [0.29, 0.717) is 18.0 Å². The summed E-state index contributed by atoms with van der Waals surface area (Å²) < 4.78 is 5.06. The molecule has 0 bridgehead atoms. The van der Waals surface area contributed by atoms with Gasteiger partial charge < -0.3 is 15.8 Å². The second kappa shape index (κ2) is 9.80. The molecule has 0 saturated heterocycles. The minimum Gasteiger partial charge on any atom is -0.383 e. The molecular formula is C14H30IN3O. The maximum absolute atomic E-state index is 5.90. The molecule has 0 aromatic carbocycles. The fourth-order valence-electron chi connectivity index (χ4n) is 2.61. The molecule has 0 radical (unpaired) electrons. The molecule has 1 saturated carbocycles. The van der Waals surface area contributed by atoms with E-state index in [1.165, 1.54) is 38.5 Å². The molecule has 1 rings (SSSR count). The number of methoxy groups -OCH3 is 1. The fraction of sp³-hybridized carbons (Fsp3) is 0.929. The largest absolute Gasteiger partial charge is 0.383 e. The number of nitrogens with two attached hydrogens (primary N) is 1. The lowest BCUT2D eigenvalue weighted by molar-refractivity contribution is 0.179. The van der Waals surface area contributed by atoms with Crippen LogP contribution in [0.1, 0.15) is 52.4 Å². The first-order valence-corrected chi connectivity index (χ1v) is 7.11. The van der Waals surface area contributed by atoms with Crippen LogP contribution in [0.2, 0.25) is 0 Å². The molecule has 0 spiro atoms. The number of aliphatic imine (C=N–C) groups is 1. The third-order valence-electron chi connectivity index (χ3n) is 3.75. The van der Waals surface area contributed by atoms with Crippen LogP contribution in [0.5, 0.6) is 0 Å². The zero-order valence-electron chi connectivity index (χ0n) is 12.6. The monoisotopic (exact) mass is 383 g/mol. The quantitative estimate of drug-likeness (QED) is 0.332. The molecule has 1 aliphatic rings. The van der Waals surface area contributed by atoms with E-state index >= 15 is 0 Å². The molecular weight excluding hydrogens is 353 g/mol. The van der Waals surface area contributed by atoms with Crippen molar-refractivity contribution in [3.05, 3.63) is 0 Å². The summed E-state index contributed by atoms with van der Waals surface area (Å²) in [5.41, 5.74) is 6.24. The Morgan fingerprint density at radius 1 is 1.32 bits per heavy atom. The first kappa shape index (κ1) is 19.0. The lowest BCUT2D eigenvalue weighted by Crippen LogP contribution is -2.41. The van der Waals surface area contributed by atoms with Crippen LogP contribution >= 0.6 is 24.0 Å². The molecule has 0 heterocycles. The molecule has 0 aromatic heterocycles. The molecule has 1 aliphatic carbocycles. The second-order valence-corrected chi connectivity index (χ2v) is 5.93. The molecule has 19 heavy (non-hydrogen) atoms. The average molecular weight is 383 g/mol. The Morgan fingerprint density at radius 2 is 1.89 bits per heavy atom. The Balaban J connectivity index is 0.00000324.